The molecule has 1 saturated carbocycles. The molecule has 1 aliphatic carbocycles. The summed E-state index contributed by atoms with van der Waals surface area (Å²) in [7, 11) is 0. The second kappa shape index (κ2) is 5.78. The third kappa shape index (κ3) is 2.89. The van der Waals surface area contributed by atoms with Crippen molar-refractivity contribution in [1.29, 1.82) is 0 Å². The molecule has 0 aliphatic heterocycles. The van der Waals surface area contributed by atoms with Crippen LogP contribution in [0, 0.1) is 5.82 Å². The number of carbonyl (C=O) groups excluding carboxylic acids is 2. The van der Waals surface area contributed by atoms with Crippen LogP contribution in [0.25, 0.3) is 0 Å². The van der Waals surface area contributed by atoms with Crippen LogP contribution in [0.3, 0.4) is 0 Å². The van der Waals surface area contributed by atoms with Gasteiger partial charge in [-0.2, -0.15) is 0 Å². The molecule has 0 atom stereocenters. The Morgan fingerprint density at radius 3 is 2.32 bits per heavy atom. The number of ketones is 1. The van der Waals surface area contributed by atoms with Crippen LogP contribution in [-0.4, -0.2) is 18.4 Å². The fraction of sp³-hybridized carbons (Fsp3) is 0.333. The van der Waals surface area contributed by atoms with E-state index in [0.717, 1.165) is 24.8 Å². The number of carbonyl (C=O) groups is 2. The van der Waals surface area contributed by atoms with Gasteiger partial charge < -0.3 is 4.74 Å². The lowest BCUT2D eigenvalue weighted by molar-refractivity contribution is -0.138. The first-order valence-corrected chi connectivity index (χ1v) is 6.33. The lowest BCUT2D eigenvalue weighted by atomic mass is 9.85. The highest BCUT2D eigenvalue weighted by atomic mass is 19.1. The molecule has 0 spiro atoms. The summed E-state index contributed by atoms with van der Waals surface area (Å²) in [5.41, 5.74) is 1.27. The highest BCUT2D eigenvalue weighted by molar-refractivity contribution is 6.24. The van der Waals surface area contributed by atoms with Crippen LogP contribution in [-0.2, 0) is 9.53 Å². The van der Waals surface area contributed by atoms with Gasteiger partial charge in [-0.3, -0.25) is 4.79 Å². The molecule has 100 valence electrons. The fourth-order valence-electron chi connectivity index (χ4n) is 1.95. The van der Waals surface area contributed by atoms with E-state index in [2.05, 4.69) is 0 Å². The summed E-state index contributed by atoms with van der Waals surface area (Å²) in [6, 6.07) is 5.19. The van der Waals surface area contributed by atoms with Crippen molar-refractivity contribution in [1.82, 2.24) is 0 Å². The van der Waals surface area contributed by atoms with Gasteiger partial charge in [0.25, 0.3) is 0 Å². The van der Waals surface area contributed by atoms with E-state index in [-0.39, 0.29) is 18.0 Å². The van der Waals surface area contributed by atoms with E-state index in [9.17, 15) is 14.0 Å². The Morgan fingerprint density at radius 1 is 1.21 bits per heavy atom. The van der Waals surface area contributed by atoms with Crippen LogP contribution in [0.15, 0.2) is 35.4 Å². The molecule has 0 saturated heterocycles. The van der Waals surface area contributed by atoms with E-state index < -0.39 is 11.8 Å². The normalized spacial score (nSPS) is 13.7. The minimum Gasteiger partial charge on any atom is -0.462 e. The van der Waals surface area contributed by atoms with E-state index in [1.54, 1.807) is 6.92 Å². The molecule has 0 aromatic heterocycles. The van der Waals surface area contributed by atoms with Crippen molar-refractivity contribution in [2.45, 2.75) is 26.2 Å². The molecule has 0 radical (unpaired) electrons. The molecule has 1 aromatic carbocycles. The average Bonchev–Trinajstić information content (AvgIpc) is 2.34. The number of ether oxygens (including phenoxy) is 1. The third-order valence-electron chi connectivity index (χ3n) is 3.12. The Labute approximate surface area is 111 Å². The largest absolute Gasteiger partial charge is 0.462 e. The van der Waals surface area contributed by atoms with E-state index in [1.807, 2.05) is 0 Å². The SMILES string of the molecule is CCOC(=O)C(C(=O)c1ccc(F)cc1)=C1CCC1. The van der Waals surface area contributed by atoms with Crippen molar-refractivity contribution in [2.24, 2.45) is 0 Å². The van der Waals surface area contributed by atoms with Gasteiger partial charge in [0.1, 0.15) is 11.4 Å². The maximum atomic E-state index is 12.9. The standard InChI is InChI=1S/C15H15FO3/c1-2-19-15(18)13(10-4-3-5-10)14(17)11-6-8-12(16)9-7-11/h6-9H,2-5H2,1H3. The van der Waals surface area contributed by atoms with Gasteiger partial charge in [0.05, 0.1) is 6.61 Å². The van der Waals surface area contributed by atoms with Gasteiger partial charge in [0.15, 0.2) is 5.78 Å². The minimum absolute atomic E-state index is 0.125. The van der Waals surface area contributed by atoms with Crippen LogP contribution < -0.4 is 0 Å². The number of hydrogen-bond donors (Lipinski definition) is 0. The van der Waals surface area contributed by atoms with Crippen molar-refractivity contribution in [3.8, 4) is 0 Å². The fourth-order valence-corrected chi connectivity index (χ4v) is 1.95. The van der Waals surface area contributed by atoms with Gasteiger partial charge in [-0.25, -0.2) is 9.18 Å². The number of hydrogen-bond acceptors (Lipinski definition) is 3. The topological polar surface area (TPSA) is 43.4 Å². The predicted molar refractivity (Wildman–Crippen MR) is 68.2 cm³/mol. The minimum atomic E-state index is -0.577. The van der Waals surface area contributed by atoms with Gasteiger partial charge in [-0.05, 0) is 50.5 Å². The van der Waals surface area contributed by atoms with Gasteiger partial charge in [0.2, 0.25) is 0 Å². The lowest BCUT2D eigenvalue weighted by Crippen LogP contribution is -2.21. The first-order chi connectivity index (χ1) is 9.13. The summed E-state index contributed by atoms with van der Waals surface area (Å²) in [5.74, 6) is -1.37. The molecule has 0 bridgehead atoms. The molecule has 0 unspecified atom stereocenters. The summed E-state index contributed by atoms with van der Waals surface area (Å²) < 4.78 is 17.8. The number of benzene rings is 1. The Morgan fingerprint density at radius 2 is 1.84 bits per heavy atom. The van der Waals surface area contributed by atoms with Crippen molar-refractivity contribution in [3.63, 3.8) is 0 Å². The van der Waals surface area contributed by atoms with Gasteiger partial charge in [0, 0.05) is 5.56 Å². The van der Waals surface area contributed by atoms with Crippen LogP contribution in [0.4, 0.5) is 4.39 Å². The Bertz CT molecular complexity index is 523. The summed E-state index contributed by atoms with van der Waals surface area (Å²) >= 11 is 0. The Hall–Kier alpha value is -1.97. The van der Waals surface area contributed by atoms with Gasteiger partial charge in [-0.15, -0.1) is 0 Å². The molecule has 19 heavy (non-hydrogen) atoms. The van der Waals surface area contributed by atoms with Gasteiger partial charge in [-0.1, -0.05) is 5.57 Å². The molecule has 2 rings (SSSR count). The zero-order chi connectivity index (χ0) is 13.8. The smallest absolute Gasteiger partial charge is 0.342 e. The van der Waals surface area contributed by atoms with Crippen molar-refractivity contribution < 1.29 is 18.7 Å². The second-order valence-electron chi connectivity index (χ2n) is 4.39. The van der Waals surface area contributed by atoms with Crippen molar-refractivity contribution in [3.05, 3.63) is 46.8 Å². The summed E-state index contributed by atoms with van der Waals surface area (Å²) in [4.78, 5) is 24.2. The number of esters is 1. The number of Topliss-reactive ketones (excluding diaryl/α,β-unsaturated/α-hetero) is 1. The molecule has 1 aromatic rings. The summed E-state index contributed by atoms with van der Waals surface area (Å²) in [5, 5.41) is 0. The Balaban J connectivity index is 2.31. The van der Waals surface area contributed by atoms with Crippen LogP contribution in [0.1, 0.15) is 36.5 Å². The number of halogens is 1. The van der Waals surface area contributed by atoms with E-state index in [0.29, 0.717) is 5.56 Å². The van der Waals surface area contributed by atoms with Crippen molar-refractivity contribution >= 4 is 11.8 Å². The first-order valence-electron chi connectivity index (χ1n) is 6.33. The zero-order valence-electron chi connectivity index (χ0n) is 10.7. The van der Waals surface area contributed by atoms with Gasteiger partial charge >= 0.3 is 5.97 Å². The average molecular weight is 262 g/mol. The molecule has 0 amide bonds. The van der Waals surface area contributed by atoms with E-state index in [4.69, 9.17) is 4.74 Å². The molecule has 1 fully saturated rings. The molecular formula is C15H15FO3. The molecule has 0 N–H and O–H groups in total. The molecule has 3 nitrogen and oxygen atoms in total. The molecule has 1 aliphatic rings. The number of rotatable bonds is 4. The van der Waals surface area contributed by atoms with E-state index >= 15 is 0 Å². The second-order valence-corrected chi connectivity index (χ2v) is 4.39. The molecule has 0 heterocycles. The van der Waals surface area contributed by atoms with Crippen molar-refractivity contribution in [2.75, 3.05) is 6.61 Å². The maximum absolute atomic E-state index is 12.9. The Kier molecular flexibility index (Phi) is 4.10. The highest BCUT2D eigenvalue weighted by Crippen LogP contribution is 2.31. The van der Waals surface area contributed by atoms with Crippen LogP contribution in [0.5, 0.6) is 0 Å². The molecule has 4 heteroatoms. The quantitative estimate of drug-likeness (QED) is 0.275. The summed E-state index contributed by atoms with van der Waals surface area (Å²) in [6.45, 7) is 1.93. The maximum Gasteiger partial charge on any atom is 0.342 e. The lowest BCUT2D eigenvalue weighted by Gasteiger charge is -2.20. The molecular weight excluding hydrogens is 247 g/mol. The zero-order valence-corrected chi connectivity index (χ0v) is 10.7. The summed E-state index contributed by atoms with van der Waals surface area (Å²) in [6.07, 6.45) is 2.48. The first kappa shape index (κ1) is 13.5. The van der Waals surface area contributed by atoms with Crippen LogP contribution >= 0.6 is 0 Å². The monoisotopic (exact) mass is 262 g/mol. The number of allylic oxidation sites excluding steroid dienone is 1. The van der Waals surface area contributed by atoms with Crippen LogP contribution in [0.2, 0.25) is 0 Å². The highest BCUT2D eigenvalue weighted by Gasteiger charge is 2.27. The third-order valence-corrected chi connectivity index (χ3v) is 3.12. The van der Waals surface area contributed by atoms with E-state index in [1.165, 1.54) is 24.3 Å². The predicted octanol–water partition coefficient (Wildman–Crippen LogP) is 3.05.